The molecule has 0 aromatic rings. The SMILES string of the molecule is C#C/C(=C/C=C(C)/C(NC)=C(\CC)N(N)CC)C(=C)C. The van der Waals surface area contributed by atoms with Gasteiger partial charge in [0.05, 0.1) is 11.4 Å². The molecule has 0 rings (SSSR count). The predicted octanol–water partition coefficient (Wildman–Crippen LogP) is 3.11. The molecule has 0 spiro atoms. The van der Waals surface area contributed by atoms with E-state index in [1.54, 1.807) is 5.01 Å². The minimum Gasteiger partial charge on any atom is -0.386 e. The zero-order chi connectivity index (χ0) is 15.7. The Hall–Kier alpha value is -1.92. The van der Waals surface area contributed by atoms with Crippen LogP contribution in [0, 0.1) is 12.3 Å². The van der Waals surface area contributed by atoms with Crippen molar-refractivity contribution in [3.05, 3.63) is 46.8 Å². The predicted molar refractivity (Wildman–Crippen MR) is 88.4 cm³/mol. The molecule has 0 unspecified atom stereocenters. The molecular weight excluding hydrogens is 246 g/mol. The topological polar surface area (TPSA) is 41.3 Å². The molecular formula is C17H27N3. The van der Waals surface area contributed by atoms with Gasteiger partial charge in [-0.05, 0) is 44.4 Å². The molecule has 0 amide bonds. The van der Waals surface area contributed by atoms with E-state index < -0.39 is 0 Å². The Balaban J connectivity index is 5.62. The van der Waals surface area contributed by atoms with E-state index in [1.165, 1.54) is 0 Å². The highest BCUT2D eigenvalue weighted by Crippen LogP contribution is 2.17. The second-order valence-electron chi connectivity index (χ2n) is 4.57. The first-order chi connectivity index (χ1) is 9.42. The van der Waals surface area contributed by atoms with Gasteiger partial charge in [0, 0.05) is 19.2 Å². The van der Waals surface area contributed by atoms with Gasteiger partial charge in [-0.1, -0.05) is 25.5 Å². The molecule has 3 N–H and O–H groups in total. The van der Waals surface area contributed by atoms with Crippen molar-refractivity contribution in [1.82, 2.24) is 10.3 Å². The summed E-state index contributed by atoms with van der Waals surface area (Å²) < 4.78 is 0. The average Bonchev–Trinajstić information content (AvgIpc) is 2.43. The number of nitrogens with one attached hydrogen (secondary N) is 1. The number of hydrazine groups is 1. The number of likely N-dealkylation sites (N-methyl/N-ethyl adjacent to an activating group) is 1. The summed E-state index contributed by atoms with van der Waals surface area (Å²) in [5.41, 5.74) is 4.89. The molecule has 110 valence electrons. The Morgan fingerprint density at radius 2 is 1.95 bits per heavy atom. The van der Waals surface area contributed by atoms with Gasteiger partial charge in [0.1, 0.15) is 0 Å². The number of nitrogens with zero attached hydrogens (tertiary/aromatic N) is 1. The molecule has 20 heavy (non-hydrogen) atoms. The van der Waals surface area contributed by atoms with E-state index in [-0.39, 0.29) is 0 Å². The molecule has 3 nitrogen and oxygen atoms in total. The van der Waals surface area contributed by atoms with E-state index in [9.17, 15) is 0 Å². The maximum absolute atomic E-state index is 6.02. The van der Waals surface area contributed by atoms with Crippen molar-refractivity contribution in [3.8, 4) is 12.3 Å². The van der Waals surface area contributed by atoms with Gasteiger partial charge in [0.2, 0.25) is 0 Å². The summed E-state index contributed by atoms with van der Waals surface area (Å²) in [6.45, 7) is 12.7. The molecule has 0 aliphatic heterocycles. The van der Waals surface area contributed by atoms with E-state index in [0.717, 1.165) is 41.1 Å². The molecule has 0 atom stereocenters. The van der Waals surface area contributed by atoms with Crippen LogP contribution in [-0.4, -0.2) is 18.6 Å². The lowest BCUT2D eigenvalue weighted by Crippen LogP contribution is -2.32. The van der Waals surface area contributed by atoms with Crippen LogP contribution in [0.15, 0.2) is 46.8 Å². The van der Waals surface area contributed by atoms with Crippen LogP contribution < -0.4 is 11.2 Å². The highest BCUT2D eigenvalue weighted by molar-refractivity contribution is 5.45. The summed E-state index contributed by atoms with van der Waals surface area (Å²) in [5.74, 6) is 8.66. The third kappa shape index (κ3) is 4.99. The van der Waals surface area contributed by atoms with Crippen molar-refractivity contribution in [2.24, 2.45) is 5.84 Å². The highest BCUT2D eigenvalue weighted by atomic mass is 15.4. The van der Waals surface area contributed by atoms with E-state index in [0.29, 0.717) is 0 Å². The largest absolute Gasteiger partial charge is 0.386 e. The Bertz CT molecular complexity index is 473. The first kappa shape index (κ1) is 18.1. The van der Waals surface area contributed by atoms with Crippen molar-refractivity contribution >= 4 is 0 Å². The van der Waals surface area contributed by atoms with Crippen LogP contribution in [0.3, 0.4) is 0 Å². The second kappa shape index (κ2) is 9.06. The Morgan fingerprint density at radius 3 is 2.30 bits per heavy atom. The molecule has 0 aromatic carbocycles. The molecule has 0 bridgehead atoms. The smallest absolute Gasteiger partial charge is 0.0576 e. The highest BCUT2D eigenvalue weighted by Gasteiger charge is 2.09. The van der Waals surface area contributed by atoms with Crippen LogP contribution in [0.1, 0.15) is 34.1 Å². The quantitative estimate of drug-likeness (QED) is 0.324. The Labute approximate surface area is 123 Å². The van der Waals surface area contributed by atoms with E-state index in [4.69, 9.17) is 12.3 Å². The van der Waals surface area contributed by atoms with Gasteiger partial charge < -0.3 is 10.3 Å². The van der Waals surface area contributed by atoms with Crippen LogP contribution in [-0.2, 0) is 0 Å². The van der Waals surface area contributed by atoms with Gasteiger partial charge in [-0.25, -0.2) is 5.84 Å². The fraction of sp³-hybridized carbons (Fsp3) is 0.412. The van der Waals surface area contributed by atoms with Crippen LogP contribution in [0.25, 0.3) is 0 Å². The number of nitrogens with two attached hydrogens (primary N) is 1. The van der Waals surface area contributed by atoms with Gasteiger partial charge in [0.25, 0.3) is 0 Å². The number of hydrogen-bond acceptors (Lipinski definition) is 3. The first-order valence-electron chi connectivity index (χ1n) is 6.87. The normalized spacial score (nSPS) is 13.4. The van der Waals surface area contributed by atoms with Crippen molar-refractivity contribution in [1.29, 1.82) is 0 Å². The molecule has 0 fully saturated rings. The lowest BCUT2D eigenvalue weighted by atomic mass is 10.1. The van der Waals surface area contributed by atoms with Gasteiger partial charge in [0.15, 0.2) is 0 Å². The summed E-state index contributed by atoms with van der Waals surface area (Å²) in [4.78, 5) is 0. The summed E-state index contributed by atoms with van der Waals surface area (Å²) >= 11 is 0. The van der Waals surface area contributed by atoms with Gasteiger partial charge >= 0.3 is 0 Å². The zero-order valence-electron chi connectivity index (χ0n) is 13.4. The van der Waals surface area contributed by atoms with E-state index >= 15 is 0 Å². The third-order valence-corrected chi connectivity index (χ3v) is 3.07. The van der Waals surface area contributed by atoms with Crippen molar-refractivity contribution in [3.63, 3.8) is 0 Å². The standard InChI is InChI=1S/C17H27N3/c1-8-15(13(4)5)12-11-14(6)17(19-7)16(9-2)20(18)10-3/h1,11-12,19H,4,9-10,18H2,2-3,5-7H3/b14-11+,15-12-,17-16-. The third-order valence-electron chi connectivity index (χ3n) is 3.07. The van der Waals surface area contributed by atoms with Gasteiger partial charge in [-0.2, -0.15) is 0 Å². The van der Waals surface area contributed by atoms with Crippen LogP contribution in [0.4, 0.5) is 0 Å². The molecule has 0 heterocycles. The second-order valence-corrected chi connectivity index (χ2v) is 4.57. The molecule has 0 radical (unpaired) electrons. The van der Waals surface area contributed by atoms with E-state index in [2.05, 4.69) is 24.7 Å². The van der Waals surface area contributed by atoms with Crippen LogP contribution in [0.5, 0.6) is 0 Å². The number of rotatable bonds is 7. The average molecular weight is 273 g/mol. The Morgan fingerprint density at radius 1 is 1.35 bits per heavy atom. The molecule has 0 aliphatic carbocycles. The number of terminal acetylenes is 1. The summed E-state index contributed by atoms with van der Waals surface area (Å²) in [6, 6.07) is 0. The van der Waals surface area contributed by atoms with Crippen molar-refractivity contribution in [2.75, 3.05) is 13.6 Å². The number of allylic oxidation sites excluding steroid dienone is 6. The first-order valence-corrected chi connectivity index (χ1v) is 6.87. The maximum Gasteiger partial charge on any atom is 0.0576 e. The molecule has 0 aliphatic rings. The minimum absolute atomic E-state index is 0.763. The summed E-state index contributed by atoms with van der Waals surface area (Å²) in [5, 5.41) is 4.98. The fourth-order valence-electron chi connectivity index (χ4n) is 1.89. The molecule has 0 saturated heterocycles. The van der Waals surface area contributed by atoms with E-state index in [1.807, 2.05) is 40.0 Å². The van der Waals surface area contributed by atoms with Crippen molar-refractivity contribution in [2.45, 2.75) is 34.1 Å². The maximum atomic E-state index is 6.02. The molecule has 0 saturated carbocycles. The minimum atomic E-state index is 0.763. The van der Waals surface area contributed by atoms with Gasteiger partial charge in [-0.15, -0.1) is 6.42 Å². The summed E-state index contributed by atoms with van der Waals surface area (Å²) in [6.07, 6.45) is 10.2. The van der Waals surface area contributed by atoms with Gasteiger partial charge in [-0.3, -0.25) is 0 Å². The summed E-state index contributed by atoms with van der Waals surface area (Å²) in [7, 11) is 1.90. The molecule has 3 heteroatoms. The lowest BCUT2D eigenvalue weighted by molar-refractivity contribution is 0.362. The van der Waals surface area contributed by atoms with Crippen LogP contribution >= 0.6 is 0 Å². The molecule has 0 aromatic heterocycles. The lowest BCUT2D eigenvalue weighted by Gasteiger charge is -2.23. The Kier molecular flexibility index (Phi) is 8.19. The monoisotopic (exact) mass is 273 g/mol. The van der Waals surface area contributed by atoms with Crippen LogP contribution in [0.2, 0.25) is 0 Å². The number of hydrogen-bond donors (Lipinski definition) is 2. The van der Waals surface area contributed by atoms with Crippen molar-refractivity contribution < 1.29 is 0 Å². The zero-order valence-corrected chi connectivity index (χ0v) is 13.4. The fourth-order valence-corrected chi connectivity index (χ4v) is 1.89.